The molecule has 0 amide bonds. The molecule has 0 aromatic heterocycles. The van der Waals surface area contributed by atoms with Gasteiger partial charge in [0, 0.05) is 32.4 Å². The van der Waals surface area contributed by atoms with Crippen LogP contribution in [0.4, 0.5) is 10.1 Å². The Hall–Kier alpha value is -1.49. The fourth-order valence-corrected chi connectivity index (χ4v) is 1.82. The number of nitrogens with one attached hydrogen (secondary N) is 2. The number of aliphatic imine (C=N–C) groups is 1. The van der Waals surface area contributed by atoms with Gasteiger partial charge in [-0.15, -0.1) is 30.4 Å². The normalized spacial score (nSPS) is 10.4. The second-order valence-electron chi connectivity index (χ2n) is 4.57. The van der Waals surface area contributed by atoms with Gasteiger partial charge in [-0.05, 0) is 31.5 Å². The Balaban J connectivity index is 0.00000441. The number of rotatable bonds is 7. The van der Waals surface area contributed by atoms with Gasteiger partial charge in [-0.2, -0.15) is 0 Å². The zero-order valence-corrected chi connectivity index (χ0v) is 15.4. The van der Waals surface area contributed by atoms with Crippen molar-refractivity contribution >= 4 is 35.6 Å². The lowest BCUT2D eigenvalue weighted by Crippen LogP contribution is -2.37. The fraction of sp³-hybridized carbons (Fsp3) is 0.438. The van der Waals surface area contributed by atoms with Gasteiger partial charge in [0.1, 0.15) is 5.82 Å². The van der Waals surface area contributed by atoms with E-state index in [-0.39, 0.29) is 29.8 Å². The van der Waals surface area contributed by atoms with Gasteiger partial charge in [-0.25, -0.2) is 4.39 Å². The van der Waals surface area contributed by atoms with Crippen molar-refractivity contribution in [3.63, 3.8) is 0 Å². The lowest BCUT2D eigenvalue weighted by molar-refractivity contribution is 0.627. The Kier molecular flexibility index (Phi) is 11.3. The minimum absolute atomic E-state index is 0. The predicted octanol–water partition coefficient (Wildman–Crippen LogP) is 2.46. The average molecular weight is 418 g/mol. The highest BCUT2D eigenvalue weighted by Gasteiger charge is 2.01. The maximum Gasteiger partial charge on any atom is 0.192 e. The van der Waals surface area contributed by atoms with Gasteiger partial charge in [-0.1, -0.05) is 12.0 Å². The van der Waals surface area contributed by atoms with Gasteiger partial charge in [-0.3, -0.25) is 4.99 Å². The molecule has 0 saturated carbocycles. The molecular formula is C16H24FIN4. The molecule has 0 radical (unpaired) electrons. The van der Waals surface area contributed by atoms with Gasteiger partial charge >= 0.3 is 0 Å². The summed E-state index contributed by atoms with van der Waals surface area (Å²) < 4.78 is 13.1. The maximum atomic E-state index is 13.1. The van der Waals surface area contributed by atoms with Crippen LogP contribution in [0.3, 0.4) is 0 Å². The molecule has 0 aliphatic rings. The van der Waals surface area contributed by atoms with Gasteiger partial charge in [0.15, 0.2) is 5.96 Å². The number of terminal acetylenes is 1. The molecule has 122 valence electrons. The zero-order valence-electron chi connectivity index (χ0n) is 13.1. The van der Waals surface area contributed by atoms with Crippen molar-refractivity contribution in [2.45, 2.75) is 13.3 Å². The minimum Gasteiger partial charge on any atom is -0.374 e. The van der Waals surface area contributed by atoms with Gasteiger partial charge in [0.05, 0.1) is 6.54 Å². The molecule has 6 heteroatoms. The Morgan fingerprint density at radius 1 is 1.41 bits per heavy atom. The highest BCUT2D eigenvalue weighted by atomic mass is 127. The molecule has 0 unspecified atom stereocenters. The van der Waals surface area contributed by atoms with Gasteiger partial charge in [0.25, 0.3) is 0 Å². The Labute approximate surface area is 149 Å². The van der Waals surface area contributed by atoms with E-state index in [4.69, 9.17) is 6.42 Å². The molecule has 1 aromatic carbocycles. The van der Waals surface area contributed by atoms with Crippen LogP contribution in [0.5, 0.6) is 0 Å². The first kappa shape index (κ1) is 20.5. The SMILES string of the molecule is C#CCNC(=NCCCN(C)c1cccc(F)c1)NCC.I. The smallest absolute Gasteiger partial charge is 0.192 e. The van der Waals surface area contributed by atoms with Crippen LogP contribution < -0.4 is 15.5 Å². The quantitative estimate of drug-likeness (QED) is 0.235. The van der Waals surface area contributed by atoms with Crippen molar-refractivity contribution in [3.05, 3.63) is 30.1 Å². The summed E-state index contributed by atoms with van der Waals surface area (Å²) >= 11 is 0. The molecule has 4 nitrogen and oxygen atoms in total. The van der Waals surface area contributed by atoms with E-state index < -0.39 is 0 Å². The molecule has 1 rings (SSSR count). The molecule has 1 aromatic rings. The third-order valence-corrected chi connectivity index (χ3v) is 2.87. The van der Waals surface area contributed by atoms with E-state index in [0.717, 1.165) is 31.2 Å². The number of guanidine groups is 1. The van der Waals surface area contributed by atoms with Gasteiger partial charge in [0.2, 0.25) is 0 Å². The lowest BCUT2D eigenvalue weighted by atomic mass is 10.2. The van der Waals surface area contributed by atoms with E-state index in [1.807, 2.05) is 24.9 Å². The van der Waals surface area contributed by atoms with E-state index in [9.17, 15) is 4.39 Å². The van der Waals surface area contributed by atoms with E-state index in [1.165, 1.54) is 12.1 Å². The summed E-state index contributed by atoms with van der Waals surface area (Å²) in [5.74, 6) is 3.02. The lowest BCUT2D eigenvalue weighted by Gasteiger charge is -2.18. The molecule has 0 bridgehead atoms. The monoisotopic (exact) mass is 418 g/mol. The van der Waals surface area contributed by atoms with Crippen LogP contribution in [0, 0.1) is 18.2 Å². The topological polar surface area (TPSA) is 39.7 Å². The Morgan fingerprint density at radius 3 is 2.82 bits per heavy atom. The first-order valence-electron chi connectivity index (χ1n) is 7.09. The number of anilines is 1. The molecule has 0 aliphatic carbocycles. The van der Waals surface area contributed by atoms with Crippen molar-refractivity contribution in [1.29, 1.82) is 0 Å². The number of hydrogen-bond donors (Lipinski definition) is 2. The molecule has 0 fully saturated rings. The molecule has 22 heavy (non-hydrogen) atoms. The van der Waals surface area contributed by atoms with Crippen molar-refractivity contribution in [2.75, 3.05) is 38.1 Å². The van der Waals surface area contributed by atoms with Crippen molar-refractivity contribution in [1.82, 2.24) is 10.6 Å². The third-order valence-electron chi connectivity index (χ3n) is 2.87. The highest BCUT2D eigenvalue weighted by molar-refractivity contribution is 14.0. The van der Waals surface area contributed by atoms with Crippen LogP contribution in [0.15, 0.2) is 29.3 Å². The Morgan fingerprint density at radius 2 is 2.18 bits per heavy atom. The van der Waals surface area contributed by atoms with Crippen LogP contribution in [-0.2, 0) is 0 Å². The van der Waals surface area contributed by atoms with Crippen LogP contribution in [-0.4, -0.2) is 39.2 Å². The zero-order chi connectivity index (χ0) is 15.5. The third kappa shape index (κ3) is 8.08. The molecule has 0 atom stereocenters. The molecule has 0 spiro atoms. The molecular weight excluding hydrogens is 394 g/mol. The predicted molar refractivity (Wildman–Crippen MR) is 103 cm³/mol. The summed E-state index contributed by atoms with van der Waals surface area (Å²) in [6.07, 6.45) is 6.09. The number of halogens is 2. The van der Waals surface area contributed by atoms with Crippen LogP contribution >= 0.6 is 24.0 Å². The molecule has 2 N–H and O–H groups in total. The maximum absolute atomic E-state index is 13.1. The second kappa shape index (κ2) is 12.1. The average Bonchev–Trinajstić information content (AvgIpc) is 2.48. The fourth-order valence-electron chi connectivity index (χ4n) is 1.82. The standard InChI is InChI=1S/C16H23FN4.HI/c1-4-10-19-16(18-5-2)20-11-7-12-21(3)15-9-6-8-14(17)13-15;/h1,6,8-9,13H,5,7,10-12H2,2-3H3,(H2,18,19,20);1H. The van der Waals surface area contributed by atoms with Gasteiger partial charge < -0.3 is 15.5 Å². The summed E-state index contributed by atoms with van der Waals surface area (Å²) in [5, 5.41) is 6.16. The largest absolute Gasteiger partial charge is 0.374 e. The summed E-state index contributed by atoms with van der Waals surface area (Å²) in [6, 6.07) is 6.58. The van der Waals surface area contributed by atoms with E-state index >= 15 is 0 Å². The highest BCUT2D eigenvalue weighted by Crippen LogP contribution is 2.13. The van der Waals surface area contributed by atoms with Crippen molar-refractivity contribution < 1.29 is 4.39 Å². The number of benzene rings is 1. The van der Waals surface area contributed by atoms with Crippen molar-refractivity contribution in [2.24, 2.45) is 4.99 Å². The number of hydrogen-bond acceptors (Lipinski definition) is 2. The first-order valence-corrected chi connectivity index (χ1v) is 7.09. The summed E-state index contributed by atoms with van der Waals surface area (Å²) in [7, 11) is 1.94. The van der Waals surface area contributed by atoms with Crippen LogP contribution in [0.2, 0.25) is 0 Å². The molecule has 0 heterocycles. The molecule has 0 aliphatic heterocycles. The van der Waals surface area contributed by atoms with Crippen LogP contribution in [0.25, 0.3) is 0 Å². The van der Waals surface area contributed by atoms with E-state index in [1.54, 1.807) is 6.07 Å². The summed E-state index contributed by atoms with van der Waals surface area (Å²) in [6.45, 7) is 4.74. The summed E-state index contributed by atoms with van der Waals surface area (Å²) in [4.78, 5) is 6.45. The van der Waals surface area contributed by atoms with Crippen molar-refractivity contribution in [3.8, 4) is 12.3 Å². The van der Waals surface area contributed by atoms with Crippen LogP contribution in [0.1, 0.15) is 13.3 Å². The minimum atomic E-state index is -0.217. The first-order chi connectivity index (χ1) is 10.2. The van der Waals surface area contributed by atoms with E-state index in [0.29, 0.717) is 13.1 Å². The second-order valence-corrected chi connectivity index (χ2v) is 4.57. The number of nitrogens with zero attached hydrogens (tertiary/aromatic N) is 2. The molecule has 0 saturated heterocycles. The summed E-state index contributed by atoms with van der Waals surface area (Å²) in [5.41, 5.74) is 0.872. The Bertz CT molecular complexity index is 499. The van der Waals surface area contributed by atoms with E-state index in [2.05, 4.69) is 21.5 Å².